The maximum absolute atomic E-state index is 2.43. The van der Waals surface area contributed by atoms with Gasteiger partial charge in [-0.15, -0.1) is 0 Å². The zero-order chi connectivity index (χ0) is 87.1. The maximum Gasteiger partial charge on any atom is 0.0547 e. The summed E-state index contributed by atoms with van der Waals surface area (Å²) in [5.74, 6) is 0. The Balaban J connectivity index is 0.000000107. The van der Waals surface area contributed by atoms with Gasteiger partial charge in [-0.3, -0.25) is 0 Å². The minimum absolute atomic E-state index is 1.14. The molecule has 0 aliphatic carbocycles. The van der Waals surface area contributed by atoms with Gasteiger partial charge >= 0.3 is 0 Å². The van der Waals surface area contributed by atoms with Crippen LogP contribution in [0.2, 0.25) is 0 Å². The monoisotopic (exact) mass is 1680 g/mol. The molecule has 0 atom stereocenters. The predicted molar refractivity (Wildman–Crippen MR) is 558 cm³/mol. The van der Waals surface area contributed by atoms with Crippen LogP contribution in [0.3, 0.4) is 0 Å². The lowest BCUT2D eigenvalue weighted by atomic mass is 9.94. The SMILES string of the molecule is c1ccc(-c2ccc3c(c2)c2c(-c4cccc5c4c4cc(-c6ccccc6)ccc4n5-c4ccccc4)cccc2n3-c2ccccc2)cc1.c1ccc(-c2ccccc2-c2cc(-n3c4ccccc4c4ccccc43)cc(-n3c4ccccc4c4ccccc43)c2)cc1.c1ccc(-n2c3ccccc3c3ccccc32)c(-c2ccccc2-n2c3ccccc3c3ccccc32)c1. The van der Waals surface area contributed by atoms with Gasteiger partial charge < -0.3 is 27.4 Å². The first-order chi connectivity index (χ1) is 65.6. The Morgan fingerprint density at radius 2 is 0.341 bits per heavy atom. The van der Waals surface area contributed by atoms with Crippen LogP contribution in [0, 0.1) is 0 Å². The van der Waals surface area contributed by atoms with Crippen LogP contribution < -0.4 is 0 Å². The molecule has 0 saturated carbocycles. The number of fused-ring (bicyclic) bond motifs is 18. The third-order valence-electron chi connectivity index (χ3n) is 26.8. The molecule has 618 valence electrons. The first-order valence-corrected chi connectivity index (χ1v) is 45.4. The fraction of sp³-hybridized carbons (Fsp3) is 0. The van der Waals surface area contributed by atoms with Crippen LogP contribution in [0.1, 0.15) is 0 Å². The average molecular weight is 1680 g/mol. The molecule has 6 heterocycles. The van der Waals surface area contributed by atoms with Crippen molar-refractivity contribution in [1.29, 1.82) is 0 Å². The standard InChI is InChI=1S/C48H32N2.C42H28N2.C36H24N2/c1-5-15-33(16-6-1)35-27-29-43-41(31-35)47-39(23-13-25-45(47)49(43)37-19-9-3-10-20-37)40-24-14-26-46-48(40)42-32-36(34-17-7-2-8-18-34)28-30-44(42)50(46)38-21-11-4-12-22-38;1-2-14-29(15-3-1)33-16-4-5-17-34(33)30-26-31(43-39-22-10-6-18-35(39)36-19-7-11-23-40(36)43)28-32(27-30)44-41-24-12-8-20-37(41)38-21-9-13-25-42(38)44;1-7-19-31-25(13-1)26-14-2-8-20-32(26)37(31)35-23-11-5-17-29(35)30-18-6-12-24-36(30)38-33-21-9-3-15-27(33)28-16-4-10-22-34(28)38/h1-32H;1-28H;1-24H. The van der Waals surface area contributed by atoms with Crippen molar-refractivity contribution in [3.63, 3.8) is 0 Å². The minimum Gasteiger partial charge on any atom is -0.309 e. The van der Waals surface area contributed by atoms with Crippen molar-refractivity contribution >= 4 is 131 Å². The van der Waals surface area contributed by atoms with Gasteiger partial charge in [0.2, 0.25) is 0 Å². The molecule has 0 aliphatic rings. The zero-order valence-corrected chi connectivity index (χ0v) is 72.2. The van der Waals surface area contributed by atoms with Crippen molar-refractivity contribution in [3.8, 4) is 101 Å². The molecule has 0 amide bonds. The first-order valence-electron chi connectivity index (χ1n) is 45.4. The Hall–Kier alpha value is -17.6. The average Bonchev–Trinajstić information content (AvgIpc) is 1.55. The van der Waals surface area contributed by atoms with E-state index in [1.54, 1.807) is 0 Å². The van der Waals surface area contributed by atoms with Gasteiger partial charge in [0.15, 0.2) is 0 Å². The highest BCUT2D eigenvalue weighted by Crippen LogP contribution is 2.49. The Labute approximate surface area is 763 Å². The van der Waals surface area contributed by atoms with Crippen molar-refractivity contribution in [2.75, 3.05) is 0 Å². The molecule has 6 heteroatoms. The predicted octanol–water partition coefficient (Wildman–Crippen LogP) is 33.6. The normalized spacial score (nSPS) is 11.6. The molecule has 0 saturated heterocycles. The maximum atomic E-state index is 2.43. The molecule has 0 unspecified atom stereocenters. The van der Waals surface area contributed by atoms with Crippen LogP contribution in [-0.4, -0.2) is 27.4 Å². The number of para-hydroxylation sites is 12. The fourth-order valence-corrected chi connectivity index (χ4v) is 21.1. The topological polar surface area (TPSA) is 29.6 Å². The summed E-state index contributed by atoms with van der Waals surface area (Å²) in [6.45, 7) is 0. The number of nitrogens with zero attached hydrogens (tertiary/aromatic N) is 6. The van der Waals surface area contributed by atoms with Gasteiger partial charge in [-0.25, -0.2) is 0 Å². The van der Waals surface area contributed by atoms with Gasteiger partial charge in [0, 0.05) is 98.5 Å². The molecule has 21 aromatic carbocycles. The van der Waals surface area contributed by atoms with Gasteiger partial charge in [-0.1, -0.05) is 370 Å². The highest BCUT2D eigenvalue weighted by molar-refractivity contribution is 6.24. The summed E-state index contributed by atoms with van der Waals surface area (Å²) in [5.41, 5.74) is 36.0. The molecule has 0 fully saturated rings. The van der Waals surface area contributed by atoms with E-state index in [4.69, 9.17) is 0 Å². The van der Waals surface area contributed by atoms with E-state index in [0.29, 0.717) is 0 Å². The highest BCUT2D eigenvalue weighted by atomic mass is 15.0. The summed E-state index contributed by atoms with van der Waals surface area (Å²) in [5, 5.41) is 15.1. The molecule has 27 rings (SSSR count). The number of benzene rings is 21. The molecular formula is C126H84N6. The molecule has 6 aromatic heterocycles. The van der Waals surface area contributed by atoms with E-state index >= 15 is 0 Å². The van der Waals surface area contributed by atoms with E-state index in [2.05, 4.69) is 537 Å². The summed E-state index contributed by atoms with van der Waals surface area (Å²) in [6.07, 6.45) is 0. The van der Waals surface area contributed by atoms with Crippen molar-refractivity contribution in [2.24, 2.45) is 0 Å². The van der Waals surface area contributed by atoms with E-state index in [9.17, 15) is 0 Å². The summed E-state index contributed by atoms with van der Waals surface area (Å²) in [4.78, 5) is 0. The second kappa shape index (κ2) is 32.4. The van der Waals surface area contributed by atoms with Gasteiger partial charge in [0.05, 0.1) is 77.6 Å². The van der Waals surface area contributed by atoms with Crippen molar-refractivity contribution < 1.29 is 0 Å². The summed E-state index contributed by atoms with van der Waals surface area (Å²) in [6, 6.07) is 184. The van der Waals surface area contributed by atoms with Gasteiger partial charge in [-0.2, -0.15) is 0 Å². The molecule has 27 aromatic rings. The van der Waals surface area contributed by atoms with E-state index in [1.807, 2.05) is 0 Å². The molecule has 0 bridgehead atoms. The lowest BCUT2D eigenvalue weighted by Crippen LogP contribution is -2.01. The zero-order valence-electron chi connectivity index (χ0n) is 72.2. The first kappa shape index (κ1) is 76.8. The van der Waals surface area contributed by atoms with E-state index in [1.165, 1.54) is 209 Å². The van der Waals surface area contributed by atoms with Gasteiger partial charge in [0.1, 0.15) is 0 Å². The van der Waals surface area contributed by atoms with Gasteiger partial charge in [0.25, 0.3) is 0 Å². The van der Waals surface area contributed by atoms with E-state index in [-0.39, 0.29) is 0 Å². The van der Waals surface area contributed by atoms with Crippen molar-refractivity contribution in [2.45, 2.75) is 0 Å². The molecule has 132 heavy (non-hydrogen) atoms. The van der Waals surface area contributed by atoms with Crippen molar-refractivity contribution in [1.82, 2.24) is 27.4 Å². The van der Waals surface area contributed by atoms with Crippen LogP contribution in [-0.2, 0) is 0 Å². The quantitative estimate of drug-likeness (QED) is 0.117. The number of rotatable bonds is 12. The number of hydrogen-bond acceptors (Lipinski definition) is 0. The summed E-state index contributed by atoms with van der Waals surface area (Å²) in [7, 11) is 0. The second-order valence-electron chi connectivity index (χ2n) is 34.1. The van der Waals surface area contributed by atoms with Crippen LogP contribution in [0.5, 0.6) is 0 Å². The van der Waals surface area contributed by atoms with E-state index in [0.717, 1.165) is 22.7 Å². The third kappa shape index (κ3) is 12.9. The van der Waals surface area contributed by atoms with Gasteiger partial charge in [-0.05, 0) is 195 Å². The largest absolute Gasteiger partial charge is 0.309 e. The molecule has 6 nitrogen and oxygen atoms in total. The fourth-order valence-electron chi connectivity index (χ4n) is 21.1. The Morgan fingerprint density at radius 3 is 0.674 bits per heavy atom. The van der Waals surface area contributed by atoms with E-state index < -0.39 is 0 Å². The molecular weight excluding hydrogens is 1600 g/mol. The second-order valence-corrected chi connectivity index (χ2v) is 34.1. The van der Waals surface area contributed by atoms with Crippen LogP contribution >= 0.6 is 0 Å². The molecule has 0 radical (unpaired) electrons. The Morgan fingerprint density at radius 1 is 0.106 bits per heavy atom. The molecule has 0 aliphatic heterocycles. The smallest absolute Gasteiger partial charge is 0.0547 e. The van der Waals surface area contributed by atoms with Crippen LogP contribution in [0.15, 0.2) is 510 Å². The molecule has 0 spiro atoms. The minimum atomic E-state index is 1.14. The third-order valence-corrected chi connectivity index (χ3v) is 26.8. The number of hydrogen-bond donors (Lipinski definition) is 0. The summed E-state index contributed by atoms with van der Waals surface area (Å²) >= 11 is 0. The van der Waals surface area contributed by atoms with Crippen LogP contribution in [0.25, 0.3) is 232 Å². The lowest BCUT2D eigenvalue weighted by molar-refractivity contribution is 1.13. The summed E-state index contributed by atoms with van der Waals surface area (Å²) < 4.78 is 14.5. The number of aromatic nitrogens is 6. The lowest BCUT2D eigenvalue weighted by Gasteiger charge is -2.18. The van der Waals surface area contributed by atoms with Crippen molar-refractivity contribution in [3.05, 3.63) is 510 Å². The Bertz CT molecular complexity index is 8440. The van der Waals surface area contributed by atoms with Crippen LogP contribution in [0.4, 0.5) is 0 Å². The highest BCUT2D eigenvalue weighted by Gasteiger charge is 2.26. The molecule has 0 N–H and O–H groups in total. The Kier molecular flexibility index (Phi) is 18.8.